The molecule has 3 heterocycles. The van der Waals surface area contributed by atoms with Crippen LogP contribution >= 0.6 is 0 Å². The van der Waals surface area contributed by atoms with Gasteiger partial charge in [-0.2, -0.15) is 0 Å². The topological polar surface area (TPSA) is 63.6 Å². The predicted octanol–water partition coefficient (Wildman–Crippen LogP) is 6.25. The van der Waals surface area contributed by atoms with Gasteiger partial charge in [-0.15, -0.1) is 0 Å². The number of hydrogen-bond acceptors (Lipinski definition) is 7. The van der Waals surface area contributed by atoms with E-state index in [1.54, 1.807) is 6.07 Å². The van der Waals surface area contributed by atoms with E-state index in [2.05, 4.69) is 27.1 Å². The number of ether oxygens (including phenoxy) is 2. The van der Waals surface area contributed by atoms with Crippen LogP contribution in [0.4, 0.5) is 8.78 Å². The normalized spacial score (nSPS) is 22.6. The third kappa shape index (κ3) is 5.85. The van der Waals surface area contributed by atoms with Crippen LogP contribution in [0.2, 0.25) is 0 Å². The third-order valence-corrected chi connectivity index (χ3v) is 9.84. The van der Waals surface area contributed by atoms with Gasteiger partial charge in [-0.3, -0.25) is 9.69 Å². The van der Waals surface area contributed by atoms with E-state index < -0.39 is 17.0 Å². The van der Waals surface area contributed by atoms with Crippen LogP contribution in [0.15, 0.2) is 35.5 Å². The summed E-state index contributed by atoms with van der Waals surface area (Å²) in [6, 6.07) is 8.10. The van der Waals surface area contributed by atoms with Crippen molar-refractivity contribution in [3.63, 3.8) is 0 Å². The molecule has 0 radical (unpaired) electrons. The Bertz CT molecular complexity index is 1420. The lowest BCUT2D eigenvalue weighted by atomic mass is 9.80. The molecule has 0 unspecified atom stereocenters. The highest BCUT2D eigenvalue weighted by molar-refractivity contribution is 5.85. The number of oxime groups is 1. The Morgan fingerprint density at radius 1 is 1.09 bits per heavy atom. The molecule has 0 bridgehead atoms. The SMILES string of the molecule is CCOC(=O)C1(C)CCN(C2=NOC3(C2)CN(Cc2cc(OCC4CC4)c(-c4ccc(F)cc4F)c(C4CC4)c2)C3)CC1. The summed E-state index contributed by atoms with van der Waals surface area (Å²) in [4.78, 5) is 23.1. The highest BCUT2D eigenvalue weighted by Gasteiger charge is 2.51. The van der Waals surface area contributed by atoms with Crippen molar-refractivity contribution in [2.24, 2.45) is 16.5 Å². The van der Waals surface area contributed by atoms with E-state index in [4.69, 9.17) is 14.3 Å². The molecule has 7 rings (SSSR count). The maximum atomic E-state index is 15.1. The van der Waals surface area contributed by atoms with Crippen molar-refractivity contribution < 1.29 is 27.9 Å². The Balaban J connectivity index is 1.02. The average Bonchev–Trinajstić information content (AvgIpc) is 3.90. The van der Waals surface area contributed by atoms with E-state index in [1.165, 1.54) is 6.07 Å². The summed E-state index contributed by atoms with van der Waals surface area (Å²) in [5.41, 5.74) is 2.69. The number of piperidine rings is 1. The highest BCUT2D eigenvalue weighted by atomic mass is 19.1. The van der Waals surface area contributed by atoms with Gasteiger partial charge in [-0.1, -0.05) is 11.2 Å². The zero-order valence-electron chi connectivity index (χ0n) is 25.2. The second-order valence-electron chi connectivity index (χ2n) is 13.6. The Kier molecular flexibility index (Phi) is 7.35. The molecule has 0 aromatic heterocycles. The second-order valence-corrected chi connectivity index (χ2v) is 13.6. The van der Waals surface area contributed by atoms with Crippen LogP contribution in [0.3, 0.4) is 0 Å². The maximum absolute atomic E-state index is 15.1. The van der Waals surface area contributed by atoms with Crippen molar-refractivity contribution in [2.45, 2.75) is 76.9 Å². The fourth-order valence-electron chi connectivity index (χ4n) is 6.84. The summed E-state index contributed by atoms with van der Waals surface area (Å²) in [6.07, 6.45) is 6.72. The number of benzene rings is 2. The van der Waals surface area contributed by atoms with Gasteiger partial charge >= 0.3 is 5.97 Å². The summed E-state index contributed by atoms with van der Waals surface area (Å²) < 4.78 is 40.5. The van der Waals surface area contributed by atoms with Crippen LogP contribution in [0, 0.1) is 23.0 Å². The molecule has 2 aromatic carbocycles. The molecule has 230 valence electrons. The molecular weight excluding hydrogens is 552 g/mol. The molecule has 4 fully saturated rings. The summed E-state index contributed by atoms with van der Waals surface area (Å²) in [7, 11) is 0. The number of likely N-dealkylation sites (tertiary alicyclic amines) is 2. The zero-order valence-corrected chi connectivity index (χ0v) is 25.2. The molecule has 2 saturated carbocycles. The first-order chi connectivity index (χ1) is 20.7. The molecule has 0 N–H and O–H groups in total. The standard InChI is InChI=1S/C34H41F2N3O4/c1-3-41-32(40)33(2)10-12-39(13-11-33)30-17-34(43-37-30)20-38(21-34)18-23-14-27(24-6-7-24)31(26-9-8-25(35)16-28(26)36)29(15-23)42-19-22-4-5-22/h8-9,14-16,22,24H,3-7,10-13,17-21H2,1-2H3. The lowest BCUT2D eigenvalue weighted by Crippen LogP contribution is -2.61. The van der Waals surface area contributed by atoms with Crippen molar-refractivity contribution in [2.75, 3.05) is 39.4 Å². The van der Waals surface area contributed by atoms with Crippen LogP contribution in [0.5, 0.6) is 5.75 Å². The molecule has 7 nitrogen and oxygen atoms in total. The number of rotatable bonds is 9. The summed E-state index contributed by atoms with van der Waals surface area (Å²) in [5, 5.41) is 4.49. The number of carbonyl (C=O) groups excluding carboxylic acids is 1. The predicted molar refractivity (Wildman–Crippen MR) is 159 cm³/mol. The van der Waals surface area contributed by atoms with Crippen LogP contribution in [-0.2, 0) is 20.9 Å². The average molecular weight is 594 g/mol. The minimum absolute atomic E-state index is 0.105. The summed E-state index contributed by atoms with van der Waals surface area (Å²) >= 11 is 0. The Morgan fingerprint density at radius 2 is 1.86 bits per heavy atom. The van der Waals surface area contributed by atoms with Crippen molar-refractivity contribution >= 4 is 11.8 Å². The van der Waals surface area contributed by atoms with E-state index >= 15 is 4.39 Å². The van der Waals surface area contributed by atoms with Gasteiger partial charge in [0.05, 0.1) is 25.0 Å². The van der Waals surface area contributed by atoms with Gasteiger partial charge < -0.3 is 19.2 Å². The van der Waals surface area contributed by atoms with E-state index in [0.717, 1.165) is 106 Å². The molecule has 5 aliphatic rings. The summed E-state index contributed by atoms with van der Waals surface area (Å²) in [5.74, 6) is 1.38. The Morgan fingerprint density at radius 3 is 2.53 bits per heavy atom. The van der Waals surface area contributed by atoms with Crippen molar-refractivity contribution in [3.8, 4) is 16.9 Å². The van der Waals surface area contributed by atoms with Crippen LogP contribution < -0.4 is 4.74 Å². The molecule has 43 heavy (non-hydrogen) atoms. The Labute approximate surface area is 252 Å². The van der Waals surface area contributed by atoms with E-state index in [1.807, 2.05) is 13.8 Å². The molecule has 2 aromatic rings. The fraction of sp³-hybridized carbons (Fsp3) is 0.588. The summed E-state index contributed by atoms with van der Waals surface area (Å²) in [6.45, 7) is 8.72. The van der Waals surface area contributed by atoms with Gasteiger partial charge in [0, 0.05) is 49.9 Å². The van der Waals surface area contributed by atoms with Crippen molar-refractivity contribution in [1.29, 1.82) is 0 Å². The molecule has 2 saturated heterocycles. The van der Waals surface area contributed by atoms with Gasteiger partial charge in [0.2, 0.25) is 0 Å². The molecule has 0 amide bonds. The number of nitrogens with zero attached hydrogens (tertiary/aromatic N) is 3. The lowest BCUT2D eigenvalue weighted by molar-refractivity contribution is -0.156. The van der Waals surface area contributed by atoms with Crippen molar-refractivity contribution in [3.05, 3.63) is 53.1 Å². The van der Waals surface area contributed by atoms with E-state index in [-0.39, 0.29) is 11.6 Å². The number of carbonyl (C=O) groups is 1. The molecule has 9 heteroatoms. The lowest BCUT2D eigenvalue weighted by Gasteiger charge is -2.46. The minimum atomic E-state index is -0.574. The third-order valence-electron chi connectivity index (χ3n) is 9.84. The van der Waals surface area contributed by atoms with Gasteiger partial charge in [0.15, 0.2) is 5.60 Å². The van der Waals surface area contributed by atoms with Gasteiger partial charge in [0.1, 0.15) is 23.2 Å². The van der Waals surface area contributed by atoms with Gasteiger partial charge in [-0.05, 0) is 93.5 Å². The monoisotopic (exact) mass is 593 g/mol. The van der Waals surface area contributed by atoms with Crippen molar-refractivity contribution in [1.82, 2.24) is 9.80 Å². The number of esters is 1. The quantitative estimate of drug-likeness (QED) is 0.320. The fourth-order valence-corrected chi connectivity index (χ4v) is 6.84. The zero-order chi connectivity index (χ0) is 29.8. The number of halogens is 2. The first kappa shape index (κ1) is 28.6. The van der Waals surface area contributed by atoms with Gasteiger partial charge in [-0.25, -0.2) is 8.78 Å². The van der Waals surface area contributed by atoms with E-state index in [9.17, 15) is 9.18 Å². The molecule has 1 spiro atoms. The van der Waals surface area contributed by atoms with Crippen LogP contribution in [0.25, 0.3) is 11.1 Å². The molecule has 0 atom stereocenters. The second kappa shape index (κ2) is 11.1. The molecular formula is C34H41F2N3O4. The first-order valence-electron chi connectivity index (χ1n) is 15.9. The maximum Gasteiger partial charge on any atom is 0.311 e. The molecule has 3 aliphatic heterocycles. The van der Waals surface area contributed by atoms with E-state index in [0.29, 0.717) is 36.4 Å². The number of hydrogen-bond donors (Lipinski definition) is 0. The smallest absolute Gasteiger partial charge is 0.311 e. The number of amidine groups is 1. The first-order valence-corrected chi connectivity index (χ1v) is 15.9. The van der Waals surface area contributed by atoms with Gasteiger partial charge in [0.25, 0.3) is 0 Å². The molecule has 2 aliphatic carbocycles. The largest absolute Gasteiger partial charge is 0.493 e. The van der Waals surface area contributed by atoms with Crippen LogP contribution in [0.1, 0.15) is 75.8 Å². The van der Waals surface area contributed by atoms with Crippen LogP contribution in [-0.4, -0.2) is 66.6 Å². The Hall–Kier alpha value is -3.20. The highest BCUT2D eigenvalue weighted by Crippen LogP contribution is 2.49. The minimum Gasteiger partial charge on any atom is -0.493 e.